The maximum absolute atomic E-state index is 11.8. The van der Waals surface area contributed by atoms with Crippen molar-refractivity contribution in [2.75, 3.05) is 33.0 Å². The lowest BCUT2D eigenvalue weighted by Crippen LogP contribution is -2.09. The van der Waals surface area contributed by atoms with Crippen molar-refractivity contribution < 1.29 is 19.0 Å². The van der Waals surface area contributed by atoms with Crippen molar-refractivity contribution in [2.24, 2.45) is 0 Å². The average Bonchev–Trinajstić information content (AvgIpc) is 2.86. The van der Waals surface area contributed by atoms with Crippen molar-refractivity contribution in [3.8, 4) is 0 Å². The fraction of sp³-hybridized carbons (Fsp3) is 0.968. The van der Waals surface area contributed by atoms with E-state index in [0.717, 1.165) is 25.9 Å². The largest absolute Gasteiger partial charge is 0.466 e. The maximum Gasteiger partial charge on any atom is 0.305 e. The zero-order valence-electron chi connectivity index (χ0n) is 23.9. The second-order valence-corrected chi connectivity index (χ2v) is 10.3. The van der Waals surface area contributed by atoms with Gasteiger partial charge in [-0.3, -0.25) is 4.79 Å². The minimum atomic E-state index is -0.0849. The van der Waals surface area contributed by atoms with Crippen molar-refractivity contribution in [1.82, 2.24) is 0 Å². The quantitative estimate of drug-likeness (QED) is 0.0730. The van der Waals surface area contributed by atoms with E-state index in [-0.39, 0.29) is 5.97 Å². The van der Waals surface area contributed by atoms with Gasteiger partial charge >= 0.3 is 5.97 Å². The molecule has 0 fully saturated rings. The summed E-state index contributed by atoms with van der Waals surface area (Å²) in [5, 5.41) is 0. The molecule has 0 rings (SSSR count). The molecule has 0 aliphatic heterocycles. The number of hydrogen-bond acceptors (Lipinski definition) is 4. The van der Waals surface area contributed by atoms with Crippen molar-refractivity contribution in [1.29, 1.82) is 0 Å². The number of rotatable bonds is 30. The molecule has 0 aromatic heterocycles. The van der Waals surface area contributed by atoms with E-state index < -0.39 is 0 Å². The lowest BCUT2D eigenvalue weighted by atomic mass is 10.1. The molecule has 0 radical (unpaired) electrons. The Kier molecular flexibility index (Phi) is 30.9. The Bertz CT molecular complexity index is 399. The van der Waals surface area contributed by atoms with E-state index >= 15 is 0 Å². The van der Waals surface area contributed by atoms with Gasteiger partial charge in [0.1, 0.15) is 0 Å². The second kappa shape index (κ2) is 31.4. The fourth-order valence-corrected chi connectivity index (χ4v) is 4.36. The van der Waals surface area contributed by atoms with Gasteiger partial charge in [0, 0.05) is 19.6 Å². The summed E-state index contributed by atoms with van der Waals surface area (Å²) in [4.78, 5) is 11.8. The topological polar surface area (TPSA) is 44.8 Å². The lowest BCUT2D eigenvalue weighted by molar-refractivity contribution is -0.144. The molecule has 210 valence electrons. The van der Waals surface area contributed by atoms with Crippen LogP contribution in [0.25, 0.3) is 0 Å². The molecular formula is C31H62O4. The third-order valence-corrected chi connectivity index (χ3v) is 6.69. The predicted octanol–water partition coefficient (Wildman–Crippen LogP) is 9.57. The zero-order valence-corrected chi connectivity index (χ0v) is 23.9. The molecule has 0 aliphatic carbocycles. The number of hydrogen-bond donors (Lipinski definition) is 0. The first kappa shape index (κ1) is 34.4. The Labute approximate surface area is 219 Å². The molecular weight excluding hydrogens is 436 g/mol. The number of unbranched alkanes of at least 4 members (excludes halogenated alkanes) is 19. The standard InChI is InChI=1S/C31H62O4/c1-3-5-7-9-11-13-14-15-17-19-21-23-28-35-31(32)25-24-27-34-30-29-33-26-22-20-18-16-12-10-8-6-4-2/h3-30H2,1-2H3. The lowest BCUT2D eigenvalue weighted by Gasteiger charge is -2.07. The molecule has 0 amide bonds. The van der Waals surface area contributed by atoms with E-state index in [9.17, 15) is 4.79 Å². The van der Waals surface area contributed by atoms with Crippen molar-refractivity contribution >= 4 is 5.97 Å². The van der Waals surface area contributed by atoms with Crippen LogP contribution >= 0.6 is 0 Å². The summed E-state index contributed by atoms with van der Waals surface area (Å²) in [7, 11) is 0. The SMILES string of the molecule is CCCCCCCCCCCCCCOC(=O)CCCOCCOCCCCCCCCCCC. The van der Waals surface area contributed by atoms with Gasteiger partial charge in [-0.15, -0.1) is 0 Å². The van der Waals surface area contributed by atoms with Crippen LogP contribution in [-0.2, 0) is 19.0 Å². The van der Waals surface area contributed by atoms with Crippen LogP contribution in [0.1, 0.15) is 162 Å². The molecule has 0 bridgehead atoms. The van der Waals surface area contributed by atoms with E-state index in [1.54, 1.807) is 0 Å². The van der Waals surface area contributed by atoms with E-state index in [1.165, 1.54) is 122 Å². The molecule has 0 aromatic rings. The molecule has 0 spiro atoms. The molecule has 0 heterocycles. The molecule has 0 saturated carbocycles. The summed E-state index contributed by atoms with van der Waals surface area (Å²) in [6.07, 6.45) is 29.1. The normalized spacial score (nSPS) is 11.3. The Morgan fingerprint density at radius 1 is 0.400 bits per heavy atom. The Balaban J connectivity index is 3.14. The molecule has 0 atom stereocenters. The third-order valence-electron chi connectivity index (χ3n) is 6.69. The van der Waals surface area contributed by atoms with Crippen LogP contribution in [-0.4, -0.2) is 39.0 Å². The van der Waals surface area contributed by atoms with Gasteiger partial charge in [0.05, 0.1) is 19.8 Å². The second-order valence-electron chi connectivity index (χ2n) is 10.3. The summed E-state index contributed by atoms with van der Waals surface area (Å²) >= 11 is 0. The van der Waals surface area contributed by atoms with Crippen molar-refractivity contribution in [3.05, 3.63) is 0 Å². The average molecular weight is 499 g/mol. The Hall–Kier alpha value is -0.610. The highest BCUT2D eigenvalue weighted by atomic mass is 16.5. The summed E-state index contributed by atoms with van der Waals surface area (Å²) in [6, 6.07) is 0. The zero-order chi connectivity index (χ0) is 25.5. The van der Waals surface area contributed by atoms with Gasteiger partial charge in [-0.1, -0.05) is 136 Å². The first-order valence-electron chi connectivity index (χ1n) is 15.6. The molecule has 35 heavy (non-hydrogen) atoms. The maximum atomic E-state index is 11.8. The van der Waals surface area contributed by atoms with Crippen LogP contribution in [0.2, 0.25) is 0 Å². The van der Waals surface area contributed by atoms with Crippen LogP contribution in [0.5, 0.6) is 0 Å². The predicted molar refractivity (Wildman–Crippen MR) is 150 cm³/mol. The minimum absolute atomic E-state index is 0.0849. The van der Waals surface area contributed by atoms with Crippen LogP contribution < -0.4 is 0 Å². The van der Waals surface area contributed by atoms with Gasteiger partial charge in [0.2, 0.25) is 0 Å². The van der Waals surface area contributed by atoms with Gasteiger partial charge in [-0.05, 0) is 19.3 Å². The molecule has 0 N–H and O–H groups in total. The number of ether oxygens (including phenoxy) is 3. The van der Waals surface area contributed by atoms with Crippen LogP contribution in [0.4, 0.5) is 0 Å². The van der Waals surface area contributed by atoms with Crippen LogP contribution in [0, 0.1) is 0 Å². The first-order chi connectivity index (χ1) is 17.3. The summed E-state index contributed by atoms with van der Waals surface area (Å²) < 4.78 is 16.5. The first-order valence-corrected chi connectivity index (χ1v) is 15.6. The minimum Gasteiger partial charge on any atom is -0.466 e. The van der Waals surface area contributed by atoms with E-state index in [4.69, 9.17) is 14.2 Å². The van der Waals surface area contributed by atoms with Crippen LogP contribution in [0.15, 0.2) is 0 Å². The Morgan fingerprint density at radius 3 is 1.17 bits per heavy atom. The summed E-state index contributed by atoms with van der Waals surface area (Å²) in [6.45, 7) is 7.83. The van der Waals surface area contributed by atoms with Gasteiger partial charge in [0.15, 0.2) is 0 Å². The van der Waals surface area contributed by atoms with Crippen molar-refractivity contribution in [2.45, 2.75) is 162 Å². The molecule has 4 heteroatoms. The monoisotopic (exact) mass is 498 g/mol. The molecule has 0 saturated heterocycles. The number of carbonyl (C=O) groups is 1. The highest BCUT2D eigenvalue weighted by molar-refractivity contribution is 5.69. The van der Waals surface area contributed by atoms with Gasteiger partial charge in [0.25, 0.3) is 0 Å². The molecule has 0 aromatic carbocycles. The molecule has 0 unspecified atom stereocenters. The van der Waals surface area contributed by atoms with Gasteiger partial charge < -0.3 is 14.2 Å². The Morgan fingerprint density at radius 2 is 0.743 bits per heavy atom. The molecule has 4 nitrogen and oxygen atoms in total. The van der Waals surface area contributed by atoms with E-state index in [1.807, 2.05) is 0 Å². The van der Waals surface area contributed by atoms with Gasteiger partial charge in [-0.2, -0.15) is 0 Å². The van der Waals surface area contributed by atoms with E-state index in [2.05, 4.69) is 13.8 Å². The summed E-state index contributed by atoms with van der Waals surface area (Å²) in [5.41, 5.74) is 0. The van der Waals surface area contributed by atoms with Crippen molar-refractivity contribution in [3.63, 3.8) is 0 Å². The van der Waals surface area contributed by atoms with Gasteiger partial charge in [-0.25, -0.2) is 0 Å². The third kappa shape index (κ3) is 31.4. The highest BCUT2D eigenvalue weighted by Gasteiger charge is 2.03. The highest BCUT2D eigenvalue weighted by Crippen LogP contribution is 2.12. The van der Waals surface area contributed by atoms with Crippen LogP contribution in [0.3, 0.4) is 0 Å². The number of esters is 1. The van der Waals surface area contributed by atoms with E-state index in [0.29, 0.717) is 32.8 Å². The molecule has 0 aliphatic rings. The smallest absolute Gasteiger partial charge is 0.305 e. The fourth-order valence-electron chi connectivity index (χ4n) is 4.36. The number of carbonyl (C=O) groups excluding carboxylic acids is 1. The summed E-state index contributed by atoms with van der Waals surface area (Å²) in [5.74, 6) is -0.0849.